The molecule has 3 aromatic carbocycles. The van der Waals surface area contributed by atoms with Crippen LogP contribution in [0.1, 0.15) is 83.1 Å². The standard InChI is InChI=1S/C39H60N6/c1-36(2,3)44(37(4,5)6)34-23-19-32(20-24-34)42-27-41(31-17-15-30(16-18-31)40(13)14)28-43(29-42)33-21-25-35(26-22-33)45(38(7,8)9)39(10,11)12/h15-26H,27-29H2,1-14H3. The minimum Gasteiger partial charge on any atom is -0.378 e. The zero-order chi connectivity index (χ0) is 33.5. The van der Waals surface area contributed by atoms with Gasteiger partial charge < -0.3 is 29.4 Å². The molecule has 0 unspecified atom stereocenters. The molecule has 1 aliphatic rings. The molecule has 6 heteroatoms. The SMILES string of the molecule is CN(C)c1ccc(N2CN(c3ccc(N(C(C)(C)C)C(C)(C)C)cc3)CN(c3ccc(N(C(C)(C)C)C(C)(C)C)cc3)C2)cc1. The predicted octanol–water partition coefficient (Wildman–Crippen LogP) is 9.27. The van der Waals surface area contributed by atoms with Gasteiger partial charge in [-0.1, -0.05) is 0 Å². The van der Waals surface area contributed by atoms with Crippen LogP contribution in [0, 0.1) is 0 Å². The van der Waals surface area contributed by atoms with Crippen LogP contribution in [0.5, 0.6) is 0 Å². The van der Waals surface area contributed by atoms with Crippen molar-refractivity contribution in [2.75, 3.05) is 63.5 Å². The van der Waals surface area contributed by atoms with Crippen LogP contribution in [0.25, 0.3) is 0 Å². The maximum Gasteiger partial charge on any atom is 0.0937 e. The summed E-state index contributed by atoms with van der Waals surface area (Å²) in [5, 5.41) is 0. The molecule has 0 radical (unpaired) electrons. The summed E-state index contributed by atoms with van der Waals surface area (Å²) in [6.45, 7) is 30.0. The van der Waals surface area contributed by atoms with E-state index in [1.165, 1.54) is 34.1 Å². The fourth-order valence-corrected chi connectivity index (χ4v) is 7.39. The van der Waals surface area contributed by atoms with Crippen LogP contribution in [0.4, 0.5) is 34.1 Å². The zero-order valence-corrected chi connectivity index (χ0v) is 30.7. The van der Waals surface area contributed by atoms with Gasteiger partial charge in [-0.2, -0.15) is 0 Å². The summed E-state index contributed by atoms with van der Waals surface area (Å²) in [5.41, 5.74) is 7.44. The number of benzene rings is 3. The topological polar surface area (TPSA) is 19.4 Å². The molecule has 0 saturated carbocycles. The first kappa shape index (κ1) is 34.3. The molecule has 6 nitrogen and oxygen atoms in total. The van der Waals surface area contributed by atoms with Crippen LogP contribution in [0.2, 0.25) is 0 Å². The van der Waals surface area contributed by atoms with E-state index in [9.17, 15) is 0 Å². The van der Waals surface area contributed by atoms with Crippen molar-refractivity contribution in [3.8, 4) is 0 Å². The number of hydrogen-bond acceptors (Lipinski definition) is 6. The van der Waals surface area contributed by atoms with Crippen LogP contribution >= 0.6 is 0 Å². The van der Waals surface area contributed by atoms with Gasteiger partial charge in [0, 0.05) is 70.4 Å². The van der Waals surface area contributed by atoms with Crippen molar-refractivity contribution in [1.82, 2.24) is 0 Å². The van der Waals surface area contributed by atoms with E-state index in [1.807, 2.05) is 0 Å². The van der Waals surface area contributed by atoms with E-state index in [0.717, 1.165) is 20.0 Å². The fourth-order valence-electron chi connectivity index (χ4n) is 7.39. The second-order valence-electron chi connectivity index (χ2n) is 16.8. The summed E-state index contributed by atoms with van der Waals surface area (Å²) in [7, 11) is 4.18. The monoisotopic (exact) mass is 612 g/mol. The van der Waals surface area contributed by atoms with E-state index in [4.69, 9.17) is 0 Å². The van der Waals surface area contributed by atoms with E-state index in [0.29, 0.717) is 0 Å². The maximum atomic E-state index is 2.52. The van der Waals surface area contributed by atoms with E-state index in [2.05, 4.69) is 199 Å². The lowest BCUT2D eigenvalue weighted by Gasteiger charge is -2.48. The highest BCUT2D eigenvalue weighted by Crippen LogP contribution is 2.36. The third-order valence-corrected chi connectivity index (χ3v) is 8.38. The van der Waals surface area contributed by atoms with Crippen LogP contribution in [-0.4, -0.2) is 56.3 Å². The Hall–Kier alpha value is -3.54. The normalized spacial score (nSPS) is 14.9. The first-order chi connectivity index (χ1) is 20.7. The minimum atomic E-state index is 0.0128. The Balaban J connectivity index is 1.68. The highest BCUT2D eigenvalue weighted by Gasteiger charge is 2.33. The first-order valence-electron chi connectivity index (χ1n) is 16.5. The first-order valence-corrected chi connectivity index (χ1v) is 16.5. The third-order valence-electron chi connectivity index (χ3n) is 8.38. The van der Waals surface area contributed by atoms with Gasteiger partial charge in [0.1, 0.15) is 0 Å². The minimum absolute atomic E-state index is 0.0128. The molecule has 3 aromatic rings. The van der Waals surface area contributed by atoms with Gasteiger partial charge in [0.05, 0.1) is 20.0 Å². The molecule has 4 rings (SSSR count). The third kappa shape index (κ3) is 8.01. The molecule has 1 fully saturated rings. The molecule has 0 N–H and O–H groups in total. The van der Waals surface area contributed by atoms with Crippen LogP contribution < -0.4 is 29.4 Å². The number of hydrogen-bond donors (Lipinski definition) is 0. The zero-order valence-electron chi connectivity index (χ0n) is 30.7. The molecule has 1 saturated heterocycles. The second kappa shape index (κ2) is 12.3. The van der Waals surface area contributed by atoms with Gasteiger partial charge in [-0.3, -0.25) is 0 Å². The molecular formula is C39H60N6. The van der Waals surface area contributed by atoms with Crippen molar-refractivity contribution in [3.63, 3.8) is 0 Å². The summed E-state index contributed by atoms with van der Waals surface area (Å²) in [4.78, 5) is 14.6. The lowest BCUT2D eigenvalue weighted by atomic mass is 9.94. The lowest BCUT2D eigenvalue weighted by molar-refractivity contribution is 0.380. The van der Waals surface area contributed by atoms with Crippen LogP contribution in [0.15, 0.2) is 72.8 Å². The van der Waals surface area contributed by atoms with Gasteiger partial charge in [0.15, 0.2) is 0 Å². The molecule has 45 heavy (non-hydrogen) atoms. The number of nitrogens with zero attached hydrogens (tertiary/aromatic N) is 6. The van der Waals surface area contributed by atoms with Gasteiger partial charge in [0.25, 0.3) is 0 Å². The Morgan fingerprint density at radius 3 is 0.800 bits per heavy atom. The molecule has 0 atom stereocenters. The Morgan fingerprint density at radius 2 is 0.600 bits per heavy atom. The molecule has 0 aromatic heterocycles. The Labute approximate surface area is 275 Å². The van der Waals surface area contributed by atoms with Gasteiger partial charge in [-0.25, -0.2) is 0 Å². The number of rotatable bonds is 6. The van der Waals surface area contributed by atoms with Gasteiger partial charge >= 0.3 is 0 Å². The van der Waals surface area contributed by atoms with E-state index < -0.39 is 0 Å². The predicted molar refractivity (Wildman–Crippen MR) is 200 cm³/mol. The number of anilines is 6. The van der Waals surface area contributed by atoms with Gasteiger partial charge in [0.2, 0.25) is 0 Å². The average Bonchev–Trinajstić information content (AvgIpc) is 2.90. The molecule has 0 spiro atoms. The Morgan fingerprint density at radius 1 is 0.378 bits per heavy atom. The summed E-state index contributed by atoms with van der Waals surface area (Å²) >= 11 is 0. The Kier molecular flexibility index (Phi) is 9.41. The molecule has 1 heterocycles. The molecule has 1 aliphatic heterocycles. The van der Waals surface area contributed by atoms with Gasteiger partial charge in [-0.05, 0) is 156 Å². The average molecular weight is 613 g/mol. The van der Waals surface area contributed by atoms with Crippen molar-refractivity contribution >= 4 is 34.1 Å². The van der Waals surface area contributed by atoms with Gasteiger partial charge in [-0.15, -0.1) is 0 Å². The largest absolute Gasteiger partial charge is 0.378 e. The summed E-state index contributed by atoms with van der Waals surface area (Å²) in [6, 6.07) is 27.3. The van der Waals surface area contributed by atoms with E-state index >= 15 is 0 Å². The van der Waals surface area contributed by atoms with Crippen molar-refractivity contribution in [3.05, 3.63) is 72.8 Å². The highest BCUT2D eigenvalue weighted by atomic mass is 15.5. The molecule has 0 bridgehead atoms. The lowest BCUT2D eigenvalue weighted by Crippen LogP contribution is -2.56. The molecule has 246 valence electrons. The van der Waals surface area contributed by atoms with E-state index in [1.54, 1.807) is 0 Å². The van der Waals surface area contributed by atoms with Crippen LogP contribution in [0.3, 0.4) is 0 Å². The van der Waals surface area contributed by atoms with E-state index in [-0.39, 0.29) is 22.2 Å². The van der Waals surface area contributed by atoms with Crippen molar-refractivity contribution < 1.29 is 0 Å². The van der Waals surface area contributed by atoms with Crippen molar-refractivity contribution in [2.24, 2.45) is 0 Å². The molecule has 0 aliphatic carbocycles. The summed E-state index contributed by atoms with van der Waals surface area (Å²) < 4.78 is 0. The van der Waals surface area contributed by atoms with Crippen molar-refractivity contribution in [1.29, 1.82) is 0 Å². The molecule has 0 amide bonds. The highest BCUT2D eigenvalue weighted by molar-refractivity contribution is 5.65. The summed E-state index contributed by atoms with van der Waals surface area (Å²) in [5.74, 6) is 0. The Bertz CT molecular complexity index is 1270. The van der Waals surface area contributed by atoms with Crippen LogP contribution in [-0.2, 0) is 0 Å². The fraction of sp³-hybridized carbons (Fsp3) is 0.538. The maximum absolute atomic E-state index is 2.52. The summed E-state index contributed by atoms with van der Waals surface area (Å²) in [6.07, 6.45) is 0. The second-order valence-corrected chi connectivity index (χ2v) is 16.8. The smallest absolute Gasteiger partial charge is 0.0937 e. The van der Waals surface area contributed by atoms with Crippen molar-refractivity contribution in [2.45, 2.75) is 105 Å². The molecular weight excluding hydrogens is 552 g/mol. The quantitative estimate of drug-likeness (QED) is 0.274.